The van der Waals surface area contributed by atoms with Gasteiger partial charge in [0.25, 0.3) is 0 Å². The quantitative estimate of drug-likeness (QED) is 0.762. The third-order valence-electron chi connectivity index (χ3n) is 6.20. The molecule has 2 aromatic carbocycles. The summed E-state index contributed by atoms with van der Waals surface area (Å²) in [5.74, 6) is 1.12. The summed E-state index contributed by atoms with van der Waals surface area (Å²) in [5, 5.41) is 9.89. The molecule has 1 heterocycles. The van der Waals surface area contributed by atoms with Crippen molar-refractivity contribution >= 4 is 5.78 Å². The summed E-state index contributed by atoms with van der Waals surface area (Å²) in [6.45, 7) is 2.46. The summed E-state index contributed by atoms with van der Waals surface area (Å²) < 4.78 is 11.6. The number of nitrogens with two attached hydrogens (primary N) is 1. The van der Waals surface area contributed by atoms with Crippen LogP contribution in [-0.2, 0) is 11.4 Å². The van der Waals surface area contributed by atoms with Crippen molar-refractivity contribution in [2.45, 2.75) is 38.7 Å². The number of nitriles is 1. The molecule has 0 fully saturated rings. The normalized spacial score (nSPS) is 18.4. The Kier molecular flexibility index (Phi) is 5.91. The third kappa shape index (κ3) is 3.82. The van der Waals surface area contributed by atoms with Crippen molar-refractivity contribution in [2.24, 2.45) is 5.73 Å². The van der Waals surface area contributed by atoms with Crippen LogP contribution in [0.25, 0.3) is 0 Å². The van der Waals surface area contributed by atoms with Crippen molar-refractivity contribution < 1.29 is 14.3 Å². The van der Waals surface area contributed by atoms with Crippen molar-refractivity contribution in [1.82, 2.24) is 4.90 Å². The summed E-state index contributed by atoms with van der Waals surface area (Å²) in [7, 11) is 3.40. The van der Waals surface area contributed by atoms with Crippen molar-refractivity contribution in [3.05, 3.63) is 81.8 Å². The second-order valence-electron chi connectivity index (χ2n) is 8.22. The number of methoxy groups -OCH3 is 1. The summed E-state index contributed by atoms with van der Waals surface area (Å²) in [6.07, 6.45) is 2.04. The van der Waals surface area contributed by atoms with E-state index < -0.39 is 5.92 Å². The Morgan fingerprint density at radius 1 is 1.16 bits per heavy atom. The molecule has 164 valence electrons. The molecule has 2 aromatic rings. The van der Waals surface area contributed by atoms with E-state index in [4.69, 9.17) is 15.2 Å². The van der Waals surface area contributed by atoms with Crippen LogP contribution in [0.1, 0.15) is 41.9 Å². The predicted molar refractivity (Wildman–Crippen MR) is 122 cm³/mol. The van der Waals surface area contributed by atoms with Crippen LogP contribution in [0.2, 0.25) is 0 Å². The van der Waals surface area contributed by atoms with Gasteiger partial charge in [0, 0.05) is 24.7 Å². The summed E-state index contributed by atoms with van der Waals surface area (Å²) in [6, 6.07) is 16.0. The first-order valence-corrected chi connectivity index (χ1v) is 10.7. The molecule has 0 bridgehead atoms. The third-order valence-corrected chi connectivity index (χ3v) is 6.20. The number of nitrogens with zero attached hydrogens (tertiary/aromatic N) is 2. The van der Waals surface area contributed by atoms with Gasteiger partial charge in [-0.15, -0.1) is 0 Å². The highest BCUT2D eigenvalue weighted by atomic mass is 16.5. The smallest absolute Gasteiger partial charge is 0.161 e. The monoisotopic (exact) mass is 429 g/mol. The van der Waals surface area contributed by atoms with E-state index in [1.54, 1.807) is 12.0 Å². The fourth-order valence-electron chi connectivity index (χ4n) is 4.42. The Morgan fingerprint density at radius 3 is 2.59 bits per heavy atom. The lowest BCUT2D eigenvalue weighted by Gasteiger charge is -2.37. The van der Waals surface area contributed by atoms with Crippen molar-refractivity contribution in [2.75, 3.05) is 14.2 Å². The highest BCUT2D eigenvalue weighted by Gasteiger charge is 2.38. The molecule has 0 saturated heterocycles. The highest BCUT2D eigenvalue weighted by molar-refractivity contribution is 5.99. The summed E-state index contributed by atoms with van der Waals surface area (Å²) >= 11 is 0. The van der Waals surface area contributed by atoms with Crippen LogP contribution in [0.4, 0.5) is 0 Å². The molecule has 0 saturated carbocycles. The van der Waals surface area contributed by atoms with Crippen LogP contribution in [0.3, 0.4) is 0 Å². The Hall–Kier alpha value is -3.72. The molecule has 4 rings (SSSR count). The number of ether oxygens (including phenoxy) is 2. The minimum atomic E-state index is -0.501. The van der Waals surface area contributed by atoms with Gasteiger partial charge in [-0.25, -0.2) is 0 Å². The van der Waals surface area contributed by atoms with Crippen LogP contribution in [-0.4, -0.2) is 24.8 Å². The van der Waals surface area contributed by atoms with Gasteiger partial charge >= 0.3 is 0 Å². The second kappa shape index (κ2) is 8.80. The number of ketones is 1. The number of carbonyl (C=O) groups excluding carboxylic acids is 1. The van der Waals surface area contributed by atoms with Gasteiger partial charge in [0.05, 0.1) is 24.7 Å². The highest BCUT2D eigenvalue weighted by Crippen LogP contribution is 2.45. The van der Waals surface area contributed by atoms with E-state index in [0.717, 1.165) is 29.7 Å². The van der Waals surface area contributed by atoms with Gasteiger partial charge in [0.2, 0.25) is 0 Å². The average Bonchev–Trinajstić information content (AvgIpc) is 2.81. The molecule has 0 amide bonds. The van der Waals surface area contributed by atoms with E-state index in [1.807, 2.05) is 56.4 Å². The number of allylic oxidation sites excluding steroid dienone is 3. The van der Waals surface area contributed by atoms with Gasteiger partial charge in [-0.2, -0.15) is 5.26 Å². The Balaban J connectivity index is 1.70. The first-order chi connectivity index (χ1) is 15.4. The fraction of sp³-hybridized carbons (Fsp3) is 0.308. The van der Waals surface area contributed by atoms with E-state index in [2.05, 4.69) is 6.07 Å². The van der Waals surface area contributed by atoms with E-state index in [9.17, 15) is 10.1 Å². The van der Waals surface area contributed by atoms with Gasteiger partial charge in [-0.05, 0) is 43.0 Å². The summed E-state index contributed by atoms with van der Waals surface area (Å²) in [4.78, 5) is 14.7. The van der Waals surface area contributed by atoms with Crippen LogP contribution in [0.5, 0.6) is 11.5 Å². The maximum absolute atomic E-state index is 12.9. The maximum Gasteiger partial charge on any atom is 0.161 e. The van der Waals surface area contributed by atoms with Crippen LogP contribution < -0.4 is 15.2 Å². The molecule has 2 aliphatic rings. The van der Waals surface area contributed by atoms with Crippen LogP contribution >= 0.6 is 0 Å². The molecule has 1 aliphatic heterocycles. The molecule has 0 spiro atoms. The number of hydrogen-bond acceptors (Lipinski definition) is 6. The standard InChI is InChI=1S/C26H27N3O3/c1-16-7-9-17(10-8-16)15-32-22-12-11-18(13-23(22)31-3)24-19(14-27)26(28)29(2)20-5-4-6-21(30)25(20)24/h7-13,24H,4-6,15,28H2,1-3H3/t24-/m1/s1. The molecule has 6 heteroatoms. The summed E-state index contributed by atoms with van der Waals surface area (Å²) in [5.41, 5.74) is 11.3. The molecule has 6 nitrogen and oxygen atoms in total. The number of carbonyl (C=O) groups is 1. The molecular formula is C26H27N3O3. The maximum atomic E-state index is 12.9. The average molecular weight is 430 g/mol. The molecule has 2 N–H and O–H groups in total. The number of hydrogen-bond donors (Lipinski definition) is 1. The first kappa shape index (κ1) is 21.5. The number of benzene rings is 2. The van der Waals surface area contributed by atoms with Gasteiger partial charge in [-0.1, -0.05) is 35.9 Å². The number of aryl methyl sites for hydroxylation is 1. The van der Waals surface area contributed by atoms with Crippen molar-refractivity contribution in [3.63, 3.8) is 0 Å². The second-order valence-corrected chi connectivity index (χ2v) is 8.22. The van der Waals surface area contributed by atoms with Crippen molar-refractivity contribution in [1.29, 1.82) is 5.26 Å². The number of Topliss-reactive ketones (excluding diaryl/α,β-unsaturated/α-hetero) is 1. The lowest BCUT2D eigenvalue weighted by Crippen LogP contribution is -2.36. The van der Waals surface area contributed by atoms with Gasteiger partial charge in [0.1, 0.15) is 12.4 Å². The fourth-order valence-corrected chi connectivity index (χ4v) is 4.42. The lowest BCUT2D eigenvalue weighted by molar-refractivity contribution is -0.116. The SMILES string of the molecule is COc1cc([C@@H]2C(C#N)=C(N)N(C)C3=C2C(=O)CCC3)ccc1OCc1ccc(C)cc1. The molecular weight excluding hydrogens is 402 g/mol. The topological polar surface area (TPSA) is 88.6 Å². The van der Waals surface area contributed by atoms with Gasteiger partial charge in [0.15, 0.2) is 17.3 Å². The van der Waals surface area contributed by atoms with Crippen LogP contribution in [0.15, 0.2) is 65.1 Å². The molecule has 0 radical (unpaired) electrons. The van der Waals surface area contributed by atoms with E-state index in [1.165, 1.54) is 5.56 Å². The molecule has 1 atom stereocenters. The molecule has 1 aliphatic carbocycles. The zero-order chi connectivity index (χ0) is 22.8. The van der Waals surface area contributed by atoms with Crippen molar-refractivity contribution in [3.8, 4) is 17.6 Å². The first-order valence-electron chi connectivity index (χ1n) is 10.7. The minimum Gasteiger partial charge on any atom is -0.493 e. The minimum absolute atomic E-state index is 0.0713. The van der Waals surface area contributed by atoms with E-state index >= 15 is 0 Å². The zero-order valence-corrected chi connectivity index (χ0v) is 18.6. The Bertz CT molecular complexity index is 1160. The lowest BCUT2D eigenvalue weighted by atomic mass is 9.76. The predicted octanol–water partition coefficient (Wildman–Crippen LogP) is 4.31. The van der Waals surface area contributed by atoms with E-state index in [-0.39, 0.29) is 5.78 Å². The molecule has 0 aromatic heterocycles. The molecule has 32 heavy (non-hydrogen) atoms. The van der Waals surface area contributed by atoms with Crippen LogP contribution in [0, 0.1) is 18.3 Å². The van der Waals surface area contributed by atoms with Gasteiger partial charge < -0.3 is 20.1 Å². The van der Waals surface area contributed by atoms with Gasteiger partial charge in [-0.3, -0.25) is 4.79 Å². The Labute approximate surface area is 188 Å². The largest absolute Gasteiger partial charge is 0.493 e. The van der Waals surface area contributed by atoms with E-state index in [0.29, 0.717) is 41.5 Å². The zero-order valence-electron chi connectivity index (χ0n) is 18.6. The number of rotatable bonds is 5. The molecule has 0 unspecified atom stereocenters. The Morgan fingerprint density at radius 2 is 1.91 bits per heavy atom.